The van der Waals surface area contributed by atoms with Gasteiger partial charge in [-0.15, -0.1) is 16.9 Å². The van der Waals surface area contributed by atoms with Crippen LogP contribution < -0.4 is 5.32 Å². The Labute approximate surface area is 207 Å². The number of tetrazole rings is 1. The Bertz CT molecular complexity index is 1230. The first-order valence-electron chi connectivity index (χ1n) is 9.52. The maximum absolute atomic E-state index is 12.9. The molecule has 0 bridgehead atoms. The monoisotopic (exact) mass is 541 g/mol. The first-order valence-corrected chi connectivity index (χ1v) is 12.4. The highest BCUT2D eigenvalue weighted by Gasteiger charge is 2.54. The SMILES string of the molecule is Cn1nnnc1SCC1=C(C(=O)O)N2C(=O)C(NC(=O)C(=NOCC(=O)O)c3ncsn3)[C@@H]2SC1. The van der Waals surface area contributed by atoms with E-state index in [-0.39, 0.29) is 17.3 Å². The molecule has 0 aromatic carbocycles. The molecule has 4 heterocycles. The minimum Gasteiger partial charge on any atom is -0.479 e. The predicted molar refractivity (Wildman–Crippen MR) is 119 cm³/mol. The van der Waals surface area contributed by atoms with Gasteiger partial charge in [-0.05, 0) is 27.5 Å². The topological polar surface area (TPSA) is 215 Å². The lowest BCUT2D eigenvalue weighted by atomic mass is 10.0. The molecule has 0 saturated carbocycles. The Morgan fingerprint density at radius 2 is 2.17 bits per heavy atom. The molecular formula is C16H15N9O7S3. The molecule has 2 aliphatic rings. The number of nitrogens with zero attached hydrogens (tertiary/aromatic N) is 8. The Balaban J connectivity index is 1.48. The fourth-order valence-corrected chi connectivity index (χ4v) is 5.87. The van der Waals surface area contributed by atoms with Crippen LogP contribution in [0.4, 0.5) is 0 Å². The van der Waals surface area contributed by atoms with Crippen LogP contribution in [-0.4, -0.2) is 104 Å². The average Bonchev–Trinajstić information content (AvgIpc) is 3.49. The summed E-state index contributed by atoms with van der Waals surface area (Å²) in [5.74, 6) is -3.61. The molecule has 1 saturated heterocycles. The van der Waals surface area contributed by atoms with E-state index in [1.54, 1.807) is 7.05 Å². The number of rotatable bonds is 10. The van der Waals surface area contributed by atoms with Crippen LogP contribution in [0.1, 0.15) is 5.82 Å². The average molecular weight is 542 g/mol. The molecule has 2 amide bonds. The summed E-state index contributed by atoms with van der Waals surface area (Å²) in [6, 6.07) is -1.04. The van der Waals surface area contributed by atoms with Crippen LogP contribution in [0.5, 0.6) is 0 Å². The molecule has 2 aromatic rings. The first-order chi connectivity index (χ1) is 16.8. The van der Waals surface area contributed by atoms with Crippen LogP contribution in [0.15, 0.2) is 27.1 Å². The third-order valence-electron chi connectivity index (χ3n) is 4.63. The van der Waals surface area contributed by atoms with Crippen molar-refractivity contribution >= 4 is 64.5 Å². The number of hydrogen-bond acceptors (Lipinski definition) is 14. The fourth-order valence-electron chi connectivity index (χ4n) is 3.11. The van der Waals surface area contributed by atoms with E-state index in [0.29, 0.717) is 16.5 Å². The molecule has 2 aliphatic heterocycles. The zero-order valence-corrected chi connectivity index (χ0v) is 20.0. The van der Waals surface area contributed by atoms with Gasteiger partial charge in [-0.3, -0.25) is 14.5 Å². The predicted octanol–water partition coefficient (Wildman–Crippen LogP) is -1.60. The number of carboxylic acid groups (broad SMARTS) is 2. The molecule has 0 aliphatic carbocycles. The van der Waals surface area contributed by atoms with E-state index in [2.05, 4.69) is 40.2 Å². The molecule has 2 aromatic heterocycles. The standard InChI is InChI=1S/C16H15N9O7S3/c1-24-16(19-22-23-24)34-4-6-3-33-14-9(13(29)25(14)10(6)15(30)31)18-12(28)8(11-17-5-35-21-11)20-32-2-7(26)27/h5,9,14H,2-4H2,1H3,(H,18,28)(H,26,27)(H,30,31)/t9?,14-/m0/s1. The van der Waals surface area contributed by atoms with Crippen molar-refractivity contribution in [1.82, 2.24) is 39.8 Å². The Morgan fingerprint density at radius 1 is 1.37 bits per heavy atom. The molecule has 2 atom stereocenters. The van der Waals surface area contributed by atoms with E-state index in [9.17, 15) is 24.3 Å². The summed E-state index contributed by atoms with van der Waals surface area (Å²) in [5, 5.41) is 35.4. The number of aromatic nitrogens is 6. The summed E-state index contributed by atoms with van der Waals surface area (Å²) in [5.41, 5.74) is 1.29. The number of carboxylic acids is 2. The number of amides is 2. The van der Waals surface area contributed by atoms with Crippen molar-refractivity contribution in [2.45, 2.75) is 16.6 Å². The van der Waals surface area contributed by atoms with E-state index in [1.807, 2.05) is 0 Å². The number of β-lactam (4-membered cyclic amide) rings is 1. The maximum Gasteiger partial charge on any atom is 0.352 e. The number of fused-ring (bicyclic) bond motifs is 1. The molecule has 16 nitrogen and oxygen atoms in total. The van der Waals surface area contributed by atoms with Crippen LogP contribution in [-0.2, 0) is 31.1 Å². The molecule has 0 spiro atoms. The molecule has 184 valence electrons. The molecule has 1 unspecified atom stereocenters. The second kappa shape index (κ2) is 10.4. The van der Waals surface area contributed by atoms with Gasteiger partial charge in [0.05, 0.1) is 0 Å². The molecule has 3 N–H and O–H groups in total. The number of aliphatic carboxylic acids is 2. The van der Waals surface area contributed by atoms with Crippen molar-refractivity contribution in [3.63, 3.8) is 0 Å². The maximum atomic E-state index is 12.9. The van der Waals surface area contributed by atoms with Gasteiger partial charge in [-0.25, -0.2) is 19.3 Å². The smallest absolute Gasteiger partial charge is 0.352 e. The third kappa shape index (κ3) is 5.10. The van der Waals surface area contributed by atoms with Crippen LogP contribution >= 0.6 is 35.1 Å². The van der Waals surface area contributed by atoms with E-state index >= 15 is 0 Å². The lowest BCUT2D eigenvalue weighted by Gasteiger charge is -2.49. The number of carbonyl (C=O) groups excluding carboxylic acids is 2. The highest BCUT2D eigenvalue weighted by molar-refractivity contribution is 8.01. The van der Waals surface area contributed by atoms with E-state index in [4.69, 9.17) is 5.11 Å². The third-order valence-corrected chi connectivity index (χ3v) is 7.54. The summed E-state index contributed by atoms with van der Waals surface area (Å²) in [6.45, 7) is -0.798. The van der Waals surface area contributed by atoms with Crippen LogP contribution in [0.3, 0.4) is 0 Å². The number of carbonyl (C=O) groups is 4. The van der Waals surface area contributed by atoms with Gasteiger partial charge in [-0.2, -0.15) is 4.37 Å². The number of nitrogens with one attached hydrogen (secondary N) is 1. The van der Waals surface area contributed by atoms with Crippen molar-refractivity contribution in [1.29, 1.82) is 0 Å². The molecule has 4 rings (SSSR count). The van der Waals surface area contributed by atoms with Gasteiger partial charge >= 0.3 is 11.9 Å². The largest absolute Gasteiger partial charge is 0.479 e. The van der Waals surface area contributed by atoms with Gasteiger partial charge < -0.3 is 20.4 Å². The highest BCUT2D eigenvalue weighted by Crippen LogP contribution is 2.41. The Hall–Kier alpha value is -3.58. The van der Waals surface area contributed by atoms with E-state index in [1.165, 1.54) is 33.7 Å². The van der Waals surface area contributed by atoms with E-state index < -0.39 is 47.5 Å². The summed E-state index contributed by atoms with van der Waals surface area (Å²) in [7, 11) is 1.65. The normalized spacial score (nSPS) is 19.7. The fraction of sp³-hybridized carbons (Fsp3) is 0.375. The molecule has 0 radical (unpaired) electrons. The molecule has 1 fully saturated rings. The lowest BCUT2D eigenvalue weighted by molar-refractivity contribution is -0.150. The van der Waals surface area contributed by atoms with Crippen molar-refractivity contribution in [3.05, 3.63) is 22.6 Å². The molecule has 19 heteroatoms. The molecular weight excluding hydrogens is 526 g/mol. The minimum atomic E-state index is -1.31. The van der Waals surface area contributed by atoms with Gasteiger partial charge in [0.1, 0.15) is 22.6 Å². The second-order valence-electron chi connectivity index (χ2n) is 6.85. The quantitative estimate of drug-likeness (QED) is 0.134. The Kier molecular flexibility index (Phi) is 7.26. The van der Waals surface area contributed by atoms with Crippen LogP contribution in [0.25, 0.3) is 0 Å². The van der Waals surface area contributed by atoms with Crippen LogP contribution in [0.2, 0.25) is 0 Å². The van der Waals surface area contributed by atoms with Gasteiger partial charge in [-0.1, -0.05) is 16.9 Å². The zero-order chi connectivity index (χ0) is 25.1. The zero-order valence-electron chi connectivity index (χ0n) is 17.6. The summed E-state index contributed by atoms with van der Waals surface area (Å²) < 4.78 is 5.33. The number of hydrogen-bond donors (Lipinski definition) is 3. The van der Waals surface area contributed by atoms with Crippen molar-refractivity contribution in [2.75, 3.05) is 18.1 Å². The summed E-state index contributed by atoms with van der Waals surface area (Å²) in [4.78, 5) is 58.0. The first kappa shape index (κ1) is 24.5. The van der Waals surface area contributed by atoms with E-state index in [0.717, 1.165) is 16.4 Å². The number of thioether (sulfide) groups is 2. The number of aryl methyl sites for hydroxylation is 1. The molecule has 35 heavy (non-hydrogen) atoms. The Morgan fingerprint density at radius 3 is 2.80 bits per heavy atom. The summed E-state index contributed by atoms with van der Waals surface area (Å²) >= 11 is 3.45. The second-order valence-corrected chi connectivity index (χ2v) is 9.51. The minimum absolute atomic E-state index is 0.110. The summed E-state index contributed by atoms with van der Waals surface area (Å²) in [6.07, 6.45) is 0. The van der Waals surface area contributed by atoms with Gasteiger partial charge in [0.25, 0.3) is 11.8 Å². The van der Waals surface area contributed by atoms with Gasteiger partial charge in [0.15, 0.2) is 0 Å². The van der Waals surface area contributed by atoms with Crippen LogP contribution in [0, 0.1) is 0 Å². The number of oxime groups is 1. The highest BCUT2D eigenvalue weighted by atomic mass is 32.2. The van der Waals surface area contributed by atoms with Gasteiger partial charge in [0, 0.05) is 18.6 Å². The lowest BCUT2D eigenvalue weighted by Crippen LogP contribution is -2.71. The van der Waals surface area contributed by atoms with Crippen molar-refractivity contribution < 1.29 is 34.2 Å². The van der Waals surface area contributed by atoms with Crippen molar-refractivity contribution in [2.24, 2.45) is 12.2 Å². The van der Waals surface area contributed by atoms with Crippen molar-refractivity contribution in [3.8, 4) is 0 Å². The van der Waals surface area contributed by atoms with Gasteiger partial charge in [0.2, 0.25) is 23.3 Å².